The SMILES string of the molecule is CC[C@H](C)NC(=O)[C@H](C)N(Cc1ccccc1Cl)C(=O)CN(c1ccc(Cl)c(C(F)(F)F)c1)S(=O)(=O)c1ccccc1. The summed E-state index contributed by atoms with van der Waals surface area (Å²) in [5, 5.41) is 2.48. The number of nitrogens with one attached hydrogen (secondary N) is 1. The van der Waals surface area contributed by atoms with Gasteiger partial charge in [-0.3, -0.25) is 13.9 Å². The maximum Gasteiger partial charge on any atom is 0.417 e. The predicted molar refractivity (Wildman–Crippen MR) is 157 cm³/mol. The van der Waals surface area contributed by atoms with Gasteiger partial charge in [0, 0.05) is 17.6 Å². The van der Waals surface area contributed by atoms with Crippen LogP contribution in [0, 0.1) is 0 Å². The van der Waals surface area contributed by atoms with Crippen molar-refractivity contribution < 1.29 is 31.2 Å². The Morgan fingerprint density at radius 2 is 1.55 bits per heavy atom. The van der Waals surface area contributed by atoms with Gasteiger partial charge in [-0.2, -0.15) is 13.2 Å². The maximum absolute atomic E-state index is 13.9. The Labute approximate surface area is 253 Å². The molecule has 2 amide bonds. The zero-order chi connectivity index (χ0) is 31.2. The van der Waals surface area contributed by atoms with E-state index >= 15 is 0 Å². The second kappa shape index (κ2) is 13.8. The van der Waals surface area contributed by atoms with Crippen LogP contribution in [0.25, 0.3) is 0 Å². The molecule has 0 saturated heterocycles. The molecule has 0 aliphatic heterocycles. The van der Waals surface area contributed by atoms with Gasteiger partial charge in [-0.05, 0) is 62.2 Å². The van der Waals surface area contributed by atoms with Crippen LogP contribution >= 0.6 is 23.2 Å². The van der Waals surface area contributed by atoms with Crippen molar-refractivity contribution in [2.24, 2.45) is 0 Å². The lowest BCUT2D eigenvalue weighted by Crippen LogP contribution is -2.52. The monoisotopic (exact) mass is 643 g/mol. The summed E-state index contributed by atoms with van der Waals surface area (Å²) in [5.41, 5.74) is -1.21. The molecule has 7 nitrogen and oxygen atoms in total. The molecular formula is C29H30Cl2F3N3O4S. The van der Waals surface area contributed by atoms with Gasteiger partial charge in [0.05, 0.1) is 21.2 Å². The molecule has 0 aliphatic carbocycles. The summed E-state index contributed by atoms with van der Waals surface area (Å²) in [6.07, 6.45) is -4.27. The van der Waals surface area contributed by atoms with Gasteiger partial charge in [0.25, 0.3) is 10.0 Å². The van der Waals surface area contributed by atoms with E-state index in [1.165, 1.54) is 31.2 Å². The van der Waals surface area contributed by atoms with Gasteiger partial charge >= 0.3 is 6.18 Å². The molecule has 1 N–H and O–H groups in total. The van der Waals surface area contributed by atoms with Crippen LogP contribution in [0.4, 0.5) is 18.9 Å². The Hall–Kier alpha value is -3.28. The van der Waals surface area contributed by atoms with Crippen molar-refractivity contribution in [3.63, 3.8) is 0 Å². The van der Waals surface area contributed by atoms with Gasteiger partial charge < -0.3 is 10.2 Å². The summed E-state index contributed by atoms with van der Waals surface area (Å²) in [5.74, 6) is -1.34. The number of benzene rings is 3. The summed E-state index contributed by atoms with van der Waals surface area (Å²) >= 11 is 12.1. The topological polar surface area (TPSA) is 86.8 Å². The molecule has 0 fully saturated rings. The van der Waals surface area contributed by atoms with Crippen LogP contribution in [0.5, 0.6) is 0 Å². The highest BCUT2D eigenvalue weighted by atomic mass is 35.5. The molecule has 2 atom stereocenters. The highest BCUT2D eigenvalue weighted by Gasteiger charge is 2.37. The van der Waals surface area contributed by atoms with Crippen molar-refractivity contribution in [1.29, 1.82) is 0 Å². The first-order valence-electron chi connectivity index (χ1n) is 12.9. The van der Waals surface area contributed by atoms with Crippen LogP contribution in [-0.2, 0) is 32.3 Å². The average Bonchev–Trinajstić information content (AvgIpc) is 2.95. The Morgan fingerprint density at radius 1 is 0.929 bits per heavy atom. The predicted octanol–water partition coefficient (Wildman–Crippen LogP) is 6.54. The third-order valence-corrected chi connectivity index (χ3v) is 9.11. The second-order valence-corrected chi connectivity index (χ2v) is 12.3. The summed E-state index contributed by atoms with van der Waals surface area (Å²) in [6, 6.07) is 14.9. The van der Waals surface area contributed by atoms with Crippen LogP contribution in [0.1, 0.15) is 38.3 Å². The Balaban J connectivity index is 2.11. The molecule has 0 saturated carbocycles. The standard InChI is InChI=1S/C29H30Cl2F3N3O4S/c1-4-19(2)35-28(39)20(3)36(17-21-10-8-9-13-25(21)30)27(38)18-37(42(40,41)23-11-6-5-7-12-23)22-14-15-26(31)24(16-22)29(32,33)34/h5-16,19-20H,4,17-18H2,1-3H3,(H,35,39)/t19-,20-/m0/s1. The molecule has 226 valence electrons. The maximum atomic E-state index is 13.9. The molecule has 0 spiro atoms. The minimum atomic E-state index is -4.89. The van der Waals surface area contributed by atoms with Crippen LogP contribution in [-0.4, -0.2) is 43.8 Å². The van der Waals surface area contributed by atoms with Crippen molar-refractivity contribution in [1.82, 2.24) is 10.2 Å². The van der Waals surface area contributed by atoms with Crippen LogP contribution in [0.2, 0.25) is 10.0 Å². The fraction of sp³-hybridized carbons (Fsp3) is 0.310. The average molecular weight is 645 g/mol. The first-order chi connectivity index (χ1) is 19.7. The van der Waals surface area contributed by atoms with Gasteiger partial charge in [0.15, 0.2) is 0 Å². The molecule has 0 unspecified atom stereocenters. The van der Waals surface area contributed by atoms with E-state index in [9.17, 15) is 31.2 Å². The molecule has 13 heteroatoms. The Kier molecular flexibility index (Phi) is 10.9. The van der Waals surface area contributed by atoms with E-state index < -0.39 is 56.9 Å². The number of nitrogens with zero attached hydrogens (tertiary/aromatic N) is 2. The van der Waals surface area contributed by atoms with Crippen molar-refractivity contribution in [3.8, 4) is 0 Å². The quantitative estimate of drug-likeness (QED) is 0.257. The number of rotatable bonds is 11. The smallest absolute Gasteiger partial charge is 0.352 e. The molecular weight excluding hydrogens is 614 g/mol. The minimum Gasteiger partial charge on any atom is -0.352 e. The van der Waals surface area contributed by atoms with Gasteiger partial charge in [-0.1, -0.05) is 66.5 Å². The van der Waals surface area contributed by atoms with Crippen molar-refractivity contribution in [3.05, 3.63) is 94.0 Å². The zero-order valence-electron chi connectivity index (χ0n) is 23.0. The highest BCUT2D eigenvalue weighted by Crippen LogP contribution is 2.38. The molecule has 0 bridgehead atoms. The van der Waals surface area contributed by atoms with E-state index in [0.717, 1.165) is 17.0 Å². The number of amides is 2. The molecule has 42 heavy (non-hydrogen) atoms. The van der Waals surface area contributed by atoms with Gasteiger partial charge in [0.1, 0.15) is 12.6 Å². The van der Waals surface area contributed by atoms with E-state index in [1.807, 2.05) is 6.92 Å². The normalized spacial score (nSPS) is 13.2. The van der Waals surface area contributed by atoms with Gasteiger partial charge in [0.2, 0.25) is 11.8 Å². The summed E-state index contributed by atoms with van der Waals surface area (Å²) in [6.45, 7) is 4.06. The van der Waals surface area contributed by atoms with E-state index in [-0.39, 0.29) is 17.5 Å². The lowest BCUT2D eigenvalue weighted by molar-refractivity contribution is -0.139. The number of halogens is 5. The number of carbonyl (C=O) groups is 2. The third-order valence-electron chi connectivity index (χ3n) is 6.62. The number of carbonyl (C=O) groups excluding carboxylic acids is 2. The summed E-state index contributed by atoms with van der Waals surface area (Å²) in [7, 11) is -4.56. The lowest BCUT2D eigenvalue weighted by atomic mass is 10.1. The van der Waals surface area contributed by atoms with Crippen LogP contribution in [0.3, 0.4) is 0 Å². The molecule has 0 aliphatic rings. The molecule has 3 aromatic carbocycles. The number of sulfonamides is 1. The Bertz CT molecular complexity index is 1520. The van der Waals surface area contributed by atoms with Gasteiger partial charge in [-0.25, -0.2) is 8.42 Å². The largest absolute Gasteiger partial charge is 0.417 e. The summed E-state index contributed by atoms with van der Waals surface area (Å²) < 4.78 is 69.3. The first kappa shape index (κ1) is 33.2. The van der Waals surface area contributed by atoms with Crippen molar-refractivity contribution in [2.75, 3.05) is 10.8 Å². The number of hydrogen-bond acceptors (Lipinski definition) is 4. The fourth-order valence-electron chi connectivity index (χ4n) is 3.99. The number of alkyl halides is 3. The third kappa shape index (κ3) is 7.96. The Morgan fingerprint density at radius 3 is 2.14 bits per heavy atom. The minimum absolute atomic E-state index is 0.165. The fourth-order valence-corrected chi connectivity index (χ4v) is 5.84. The molecule has 0 radical (unpaired) electrons. The molecule has 3 rings (SSSR count). The van der Waals surface area contributed by atoms with Crippen LogP contribution < -0.4 is 9.62 Å². The first-order valence-corrected chi connectivity index (χ1v) is 15.1. The van der Waals surface area contributed by atoms with Crippen molar-refractivity contribution >= 4 is 50.7 Å². The van der Waals surface area contributed by atoms with E-state index in [2.05, 4.69) is 5.32 Å². The van der Waals surface area contributed by atoms with E-state index in [0.29, 0.717) is 27.4 Å². The molecule has 3 aromatic rings. The van der Waals surface area contributed by atoms with E-state index in [4.69, 9.17) is 23.2 Å². The summed E-state index contributed by atoms with van der Waals surface area (Å²) in [4.78, 5) is 27.9. The number of anilines is 1. The lowest BCUT2D eigenvalue weighted by Gasteiger charge is -2.32. The number of hydrogen-bond donors (Lipinski definition) is 1. The molecule has 0 heterocycles. The molecule has 0 aromatic heterocycles. The highest BCUT2D eigenvalue weighted by molar-refractivity contribution is 7.92. The van der Waals surface area contributed by atoms with Crippen LogP contribution in [0.15, 0.2) is 77.7 Å². The second-order valence-electron chi connectivity index (χ2n) is 9.59. The van der Waals surface area contributed by atoms with Crippen molar-refractivity contribution in [2.45, 2.75) is 56.9 Å². The zero-order valence-corrected chi connectivity index (χ0v) is 25.4. The van der Waals surface area contributed by atoms with E-state index in [1.54, 1.807) is 37.3 Å². The van der Waals surface area contributed by atoms with Gasteiger partial charge in [-0.15, -0.1) is 0 Å².